The fourth-order valence-corrected chi connectivity index (χ4v) is 4.64. The third kappa shape index (κ3) is 3.59. The Morgan fingerprint density at radius 1 is 1.36 bits per heavy atom. The van der Waals surface area contributed by atoms with Crippen LogP contribution in [0.1, 0.15) is 26.7 Å². The number of hydrogen-bond donors (Lipinski definition) is 0. The molecule has 2 rings (SSSR count). The molecule has 0 aliphatic carbocycles. The zero-order valence-electron chi connectivity index (χ0n) is 13.5. The highest BCUT2D eigenvalue weighted by Crippen LogP contribution is 2.28. The maximum absolute atomic E-state index is 13.1. The first-order chi connectivity index (χ1) is 10.5. The molecule has 1 aromatic heterocycles. The van der Waals surface area contributed by atoms with Gasteiger partial charge in [-0.3, -0.25) is 4.98 Å². The summed E-state index contributed by atoms with van der Waals surface area (Å²) in [5.74, 6) is 0.380. The molecule has 1 aliphatic rings. The minimum Gasteiger partial charge on any atom is -0.492 e. The molecule has 124 valence electrons. The molecule has 0 N–H and O–H groups in total. The number of nitrogens with zero attached hydrogens (tertiary/aromatic N) is 3. The number of hydrogen-bond acceptors (Lipinski definition) is 5. The molecule has 0 bridgehead atoms. The van der Waals surface area contributed by atoms with Crippen LogP contribution in [0.25, 0.3) is 0 Å². The van der Waals surface area contributed by atoms with Crippen LogP contribution in [0.15, 0.2) is 23.4 Å². The molecule has 0 amide bonds. The number of ether oxygens (including phenoxy) is 1. The van der Waals surface area contributed by atoms with E-state index in [0.717, 1.165) is 25.9 Å². The second-order valence-electron chi connectivity index (χ2n) is 5.55. The lowest BCUT2D eigenvalue weighted by Gasteiger charge is -2.29. The van der Waals surface area contributed by atoms with Crippen molar-refractivity contribution in [1.82, 2.24) is 14.2 Å². The van der Waals surface area contributed by atoms with Crippen LogP contribution in [-0.4, -0.2) is 61.9 Å². The van der Waals surface area contributed by atoms with Gasteiger partial charge in [-0.1, -0.05) is 6.92 Å². The normalized spacial score (nSPS) is 21.5. The third-order valence-corrected chi connectivity index (χ3v) is 5.91. The quantitative estimate of drug-likeness (QED) is 0.822. The lowest BCUT2D eigenvalue weighted by atomic mass is 10.2. The van der Waals surface area contributed by atoms with Crippen molar-refractivity contribution in [2.45, 2.75) is 37.6 Å². The Balaban J connectivity index is 2.40. The molecule has 0 spiro atoms. The minimum atomic E-state index is -3.60. The van der Waals surface area contributed by atoms with Gasteiger partial charge >= 0.3 is 0 Å². The Kier molecular flexibility index (Phi) is 5.77. The van der Waals surface area contributed by atoms with Crippen LogP contribution in [0, 0.1) is 0 Å². The number of pyridine rings is 1. The Labute approximate surface area is 133 Å². The molecule has 0 saturated carbocycles. The van der Waals surface area contributed by atoms with Crippen molar-refractivity contribution in [2.75, 3.05) is 33.3 Å². The summed E-state index contributed by atoms with van der Waals surface area (Å²) < 4.78 is 33.3. The van der Waals surface area contributed by atoms with Crippen molar-refractivity contribution in [3.8, 4) is 5.75 Å². The molecule has 0 radical (unpaired) electrons. The zero-order valence-corrected chi connectivity index (χ0v) is 14.3. The second kappa shape index (κ2) is 7.39. The van der Waals surface area contributed by atoms with Crippen LogP contribution >= 0.6 is 0 Å². The molecule has 0 aromatic carbocycles. The molecule has 1 atom stereocenters. The Morgan fingerprint density at radius 3 is 2.82 bits per heavy atom. The van der Waals surface area contributed by atoms with Gasteiger partial charge in [0.25, 0.3) is 0 Å². The topological polar surface area (TPSA) is 62.7 Å². The molecule has 1 aliphatic heterocycles. The standard InChI is InChI=1S/C15H25N3O3S/c1-4-13-12-17(3)9-6-10-18(13)22(19,20)15-11-16-8-7-14(15)21-5-2/h7-8,11,13H,4-6,9-10,12H2,1-3H3. The predicted octanol–water partition coefficient (Wildman–Crippen LogP) is 1.59. The van der Waals surface area contributed by atoms with Gasteiger partial charge in [0.1, 0.15) is 10.6 Å². The highest BCUT2D eigenvalue weighted by atomic mass is 32.2. The number of aromatic nitrogens is 1. The van der Waals surface area contributed by atoms with E-state index >= 15 is 0 Å². The summed E-state index contributed by atoms with van der Waals surface area (Å²) >= 11 is 0. The van der Waals surface area contributed by atoms with E-state index in [1.54, 1.807) is 16.6 Å². The first-order valence-corrected chi connectivity index (χ1v) is 9.21. The van der Waals surface area contributed by atoms with Gasteiger partial charge in [0.05, 0.1) is 12.8 Å². The molecule has 7 heteroatoms. The molecule has 22 heavy (non-hydrogen) atoms. The molecular formula is C15H25N3O3S. The average molecular weight is 327 g/mol. The molecule has 1 aromatic rings. The average Bonchev–Trinajstić information content (AvgIpc) is 2.69. The summed E-state index contributed by atoms with van der Waals surface area (Å²) in [5, 5.41) is 0. The van der Waals surface area contributed by atoms with Crippen LogP contribution in [0.4, 0.5) is 0 Å². The molecule has 1 unspecified atom stereocenters. The van der Waals surface area contributed by atoms with Gasteiger partial charge in [0.15, 0.2) is 0 Å². The SMILES string of the molecule is CCOc1ccncc1S(=O)(=O)N1CCCN(C)CC1CC. The van der Waals surface area contributed by atoms with E-state index in [-0.39, 0.29) is 10.9 Å². The minimum absolute atomic E-state index is 0.0211. The summed E-state index contributed by atoms with van der Waals surface area (Å²) in [6, 6.07) is 1.59. The van der Waals surface area contributed by atoms with Crippen molar-refractivity contribution in [1.29, 1.82) is 0 Å². The van der Waals surface area contributed by atoms with Crippen molar-refractivity contribution < 1.29 is 13.2 Å². The molecule has 6 nitrogen and oxygen atoms in total. The summed E-state index contributed by atoms with van der Waals surface area (Å²) in [6.07, 6.45) is 4.56. The maximum Gasteiger partial charge on any atom is 0.248 e. The van der Waals surface area contributed by atoms with Crippen molar-refractivity contribution in [3.63, 3.8) is 0 Å². The maximum atomic E-state index is 13.1. The van der Waals surface area contributed by atoms with Crippen molar-refractivity contribution in [2.24, 2.45) is 0 Å². The summed E-state index contributed by atoms with van der Waals surface area (Å²) in [6.45, 7) is 6.48. The van der Waals surface area contributed by atoms with Crippen molar-refractivity contribution >= 4 is 10.0 Å². The highest BCUT2D eigenvalue weighted by Gasteiger charge is 2.34. The van der Waals surface area contributed by atoms with Gasteiger partial charge in [-0.15, -0.1) is 0 Å². The largest absolute Gasteiger partial charge is 0.492 e. The van der Waals surface area contributed by atoms with Gasteiger partial charge in [0, 0.05) is 25.3 Å². The monoisotopic (exact) mass is 327 g/mol. The van der Waals surface area contributed by atoms with Crippen LogP contribution in [0.3, 0.4) is 0 Å². The van der Waals surface area contributed by atoms with E-state index in [2.05, 4.69) is 9.88 Å². The van der Waals surface area contributed by atoms with Gasteiger partial charge in [-0.05, 0) is 39.4 Å². The second-order valence-corrected chi connectivity index (χ2v) is 7.41. The van der Waals surface area contributed by atoms with Gasteiger partial charge in [0.2, 0.25) is 10.0 Å². The zero-order chi connectivity index (χ0) is 16.2. The van der Waals surface area contributed by atoms with Gasteiger partial charge in [-0.2, -0.15) is 4.31 Å². The van der Waals surface area contributed by atoms with E-state index in [4.69, 9.17) is 4.74 Å². The van der Waals surface area contributed by atoms with Crippen molar-refractivity contribution in [3.05, 3.63) is 18.5 Å². The molecule has 1 fully saturated rings. The first kappa shape index (κ1) is 17.2. The number of likely N-dealkylation sites (N-methyl/N-ethyl adjacent to an activating group) is 1. The van der Waals surface area contributed by atoms with Crippen LogP contribution in [0.5, 0.6) is 5.75 Å². The summed E-state index contributed by atoms with van der Waals surface area (Å²) in [5.41, 5.74) is 0. The Morgan fingerprint density at radius 2 is 2.14 bits per heavy atom. The lowest BCUT2D eigenvalue weighted by molar-refractivity contribution is 0.269. The molecule has 2 heterocycles. The van der Waals surface area contributed by atoms with Gasteiger partial charge < -0.3 is 9.64 Å². The van der Waals surface area contributed by atoms with E-state index < -0.39 is 10.0 Å². The molecule has 1 saturated heterocycles. The van der Waals surface area contributed by atoms with E-state index in [1.165, 1.54) is 6.20 Å². The lowest BCUT2D eigenvalue weighted by Crippen LogP contribution is -2.43. The highest BCUT2D eigenvalue weighted by molar-refractivity contribution is 7.89. The van der Waals surface area contributed by atoms with E-state index in [0.29, 0.717) is 18.9 Å². The van der Waals surface area contributed by atoms with E-state index in [1.807, 2.05) is 20.9 Å². The Bertz CT molecular complexity index is 591. The Hall–Kier alpha value is -1.18. The predicted molar refractivity (Wildman–Crippen MR) is 85.5 cm³/mol. The van der Waals surface area contributed by atoms with Crippen LogP contribution in [0.2, 0.25) is 0 Å². The summed E-state index contributed by atoms with van der Waals surface area (Å²) in [4.78, 5) is 6.34. The fraction of sp³-hybridized carbons (Fsp3) is 0.667. The third-order valence-electron chi connectivity index (χ3n) is 3.95. The fourth-order valence-electron chi connectivity index (χ4n) is 2.83. The van der Waals surface area contributed by atoms with Gasteiger partial charge in [-0.25, -0.2) is 8.42 Å². The summed E-state index contributed by atoms with van der Waals surface area (Å²) in [7, 11) is -1.57. The number of rotatable bonds is 5. The smallest absolute Gasteiger partial charge is 0.248 e. The first-order valence-electron chi connectivity index (χ1n) is 7.77. The van der Waals surface area contributed by atoms with Crippen LogP contribution in [-0.2, 0) is 10.0 Å². The molecular weight excluding hydrogens is 302 g/mol. The van der Waals surface area contributed by atoms with Crippen LogP contribution < -0.4 is 4.74 Å². The number of sulfonamides is 1. The van der Waals surface area contributed by atoms with E-state index in [9.17, 15) is 8.42 Å².